The lowest BCUT2D eigenvalue weighted by atomic mass is 10.0. The molecule has 1 aliphatic carbocycles. The van der Waals surface area contributed by atoms with Crippen LogP contribution < -0.4 is 22.1 Å². The molecule has 31 heavy (non-hydrogen) atoms. The average Bonchev–Trinajstić information content (AvgIpc) is 2.76. The van der Waals surface area contributed by atoms with Crippen molar-refractivity contribution in [2.75, 3.05) is 22.1 Å². The summed E-state index contributed by atoms with van der Waals surface area (Å²) < 4.78 is 0. The summed E-state index contributed by atoms with van der Waals surface area (Å²) >= 11 is 0. The molecule has 0 atom stereocenters. The molecular weight excluding hydrogens is 386 g/mol. The van der Waals surface area contributed by atoms with Crippen LogP contribution in [0.5, 0.6) is 0 Å². The number of hydrogen-bond acceptors (Lipinski definition) is 6. The Hall–Kier alpha value is -4.32. The summed E-state index contributed by atoms with van der Waals surface area (Å²) in [5.74, 6) is -0.150. The lowest BCUT2D eigenvalue weighted by Gasteiger charge is -2.18. The number of nitrogen functional groups attached to an aromatic ring is 2. The van der Waals surface area contributed by atoms with E-state index in [2.05, 4.69) is 10.6 Å². The van der Waals surface area contributed by atoms with Crippen LogP contribution in [-0.4, -0.2) is 11.5 Å². The van der Waals surface area contributed by atoms with Gasteiger partial charge in [0.25, 0.3) is 0 Å². The maximum atomic E-state index is 12.8. The third-order valence-electron chi connectivity index (χ3n) is 4.76. The molecule has 0 aliphatic heterocycles. The number of aryl methyl sites for hydroxylation is 1. The summed E-state index contributed by atoms with van der Waals surface area (Å²) in [4.78, 5) is 17.6. The van der Waals surface area contributed by atoms with Crippen LogP contribution in [0, 0.1) is 6.92 Å². The van der Waals surface area contributed by atoms with Crippen LogP contribution in [-0.2, 0) is 4.79 Å². The minimum Gasteiger partial charge on any atom is -0.399 e. The fraction of sp³-hybridized carbons (Fsp3) is 0.0400. The Morgan fingerprint density at radius 3 is 1.81 bits per heavy atom. The van der Waals surface area contributed by atoms with Crippen molar-refractivity contribution in [3.8, 4) is 0 Å². The Morgan fingerprint density at radius 1 is 0.677 bits per heavy atom. The van der Waals surface area contributed by atoms with E-state index in [-0.39, 0.29) is 5.78 Å². The lowest BCUT2D eigenvalue weighted by Crippen LogP contribution is -2.22. The van der Waals surface area contributed by atoms with Gasteiger partial charge in [0.15, 0.2) is 0 Å². The van der Waals surface area contributed by atoms with Crippen molar-refractivity contribution >= 4 is 39.9 Å². The van der Waals surface area contributed by atoms with E-state index in [0.717, 1.165) is 22.6 Å². The van der Waals surface area contributed by atoms with Crippen molar-refractivity contribution in [2.45, 2.75) is 6.92 Å². The van der Waals surface area contributed by atoms with Gasteiger partial charge in [-0.1, -0.05) is 17.7 Å². The van der Waals surface area contributed by atoms with E-state index >= 15 is 0 Å². The van der Waals surface area contributed by atoms with Crippen molar-refractivity contribution in [1.29, 1.82) is 0 Å². The number of nitrogens with one attached hydrogen (secondary N) is 2. The second-order valence-electron chi connectivity index (χ2n) is 7.31. The first-order valence-electron chi connectivity index (χ1n) is 9.85. The zero-order chi connectivity index (χ0) is 21.8. The van der Waals surface area contributed by atoms with Gasteiger partial charge in [-0.15, -0.1) is 0 Å². The van der Waals surface area contributed by atoms with E-state index in [1.165, 1.54) is 0 Å². The molecule has 0 radical (unpaired) electrons. The number of nitrogens with zero attached hydrogens (tertiary/aromatic N) is 1. The van der Waals surface area contributed by atoms with Crippen molar-refractivity contribution in [1.82, 2.24) is 0 Å². The Bertz CT molecular complexity index is 1190. The van der Waals surface area contributed by atoms with E-state index in [9.17, 15) is 4.79 Å². The molecule has 0 saturated carbocycles. The number of nitrogens with two attached hydrogens (primary N) is 2. The van der Waals surface area contributed by atoms with Gasteiger partial charge in [-0.05, 0) is 73.7 Å². The molecule has 0 fully saturated rings. The molecular formula is C25H23N5O. The third-order valence-corrected chi connectivity index (χ3v) is 4.76. The van der Waals surface area contributed by atoms with Crippen molar-refractivity contribution in [2.24, 2.45) is 4.99 Å². The summed E-state index contributed by atoms with van der Waals surface area (Å²) in [5.41, 5.74) is 18.1. The first kappa shape index (κ1) is 20.0. The van der Waals surface area contributed by atoms with Crippen LogP contribution in [0.15, 0.2) is 101 Å². The van der Waals surface area contributed by atoms with Crippen LogP contribution >= 0.6 is 0 Å². The van der Waals surface area contributed by atoms with E-state index in [1.807, 2.05) is 55.5 Å². The fourth-order valence-corrected chi connectivity index (χ4v) is 3.06. The van der Waals surface area contributed by atoms with Crippen molar-refractivity contribution < 1.29 is 4.79 Å². The number of anilines is 4. The van der Waals surface area contributed by atoms with E-state index in [4.69, 9.17) is 16.5 Å². The maximum Gasteiger partial charge on any atom is 0.204 e. The molecule has 0 saturated heterocycles. The topological polar surface area (TPSA) is 106 Å². The zero-order valence-corrected chi connectivity index (χ0v) is 17.1. The normalized spacial score (nSPS) is 14.7. The molecule has 0 amide bonds. The van der Waals surface area contributed by atoms with Gasteiger partial charge >= 0.3 is 0 Å². The highest BCUT2D eigenvalue weighted by Crippen LogP contribution is 2.23. The molecule has 6 nitrogen and oxygen atoms in total. The first-order chi connectivity index (χ1) is 15.0. The molecule has 0 unspecified atom stereocenters. The van der Waals surface area contributed by atoms with Crippen LogP contribution in [0.1, 0.15) is 5.56 Å². The monoisotopic (exact) mass is 409 g/mol. The zero-order valence-electron chi connectivity index (χ0n) is 17.1. The molecule has 1 aliphatic rings. The average molecular weight is 409 g/mol. The van der Waals surface area contributed by atoms with Gasteiger partial charge in [0.1, 0.15) is 0 Å². The summed E-state index contributed by atoms with van der Waals surface area (Å²) in [7, 11) is 0. The lowest BCUT2D eigenvalue weighted by molar-refractivity contribution is -0.111. The number of benzene rings is 3. The van der Waals surface area contributed by atoms with Gasteiger partial charge < -0.3 is 22.1 Å². The number of hydrogen-bond donors (Lipinski definition) is 4. The van der Waals surface area contributed by atoms with Gasteiger partial charge in [-0.3, -0.25) is 4.79 Å². The third kappa shape index (κ3) is 5.00. The Morgan fingerprint density at radius 2 is 1.19 bits per heavy atom. The second-order valence-corrected chi connectivity index (χ2v) is 7.31. The van der Waals surface area contributed by atoms with Gasteiger partial charge in [0.05, 0.1) is 22.8 Å². The summed E-state index contributed by atoms with van der Waals surface area (Å²) in [6, 6.07) is 22.4. The highest BCUT2D eigenvalue weighted by atomic mass is 16.1. The van der Waals surface area contributed by atoms with Crippen LogP contribution in [0.2, 0.25) is 0 Å². The van der Waals surface area contributed by atoms with Crippen LogP contribution in [0.25, 0.3) is 0 Å². The minimum absolute atomic E-state index is 0.150. The standard InChI is InChI=1S/C25H23N5O/c1-16-2-8-19(9-3-16)29-23-15-25(31)24(30-21-12-6-18(27)7-13-21)14-22(23)28-20-10-4-17(26)5-11-20/h2-15,29-30H,26-27H2,1H3/b28-22-. The van der Waals surface area contributed by atoms with E-state index in [1.54, 1.807) is 36.4 Å². The van der Waals surface area contributed by atoms with Gasteiger partial charge in [-0.25, -0.2) is 4.99 Å². The fourth-order valence-electron chi connectivity index (χ4n) is 3.06. The van der Waals surface area contributed by atoms with E-state index in [0.29, 0.717) is 28.5 Å². The SMILES string of the molecule is Cc1ccc(NC2=CC(=O)C(Nc3ccc(N)cc3)=C/C2=N/c2ccc(N)cc2)cc1. The van der Waals surface area contributed by atoms with E-state index < -0.39 is 0 Å². The molecule has 0 aromatic heterocycles. The highest BCUT2D eigenvalue weighted by molar-refractivity contribution is 6.24. The molecule has 0 heterocycles. The largest absolute Gasteiger partial charge is 0.399 e. The van der Waals surface area contributed by atoms with Crippen LogP contribution in [0.4, 0.5) is 28.4 Å². The van der Waals surface area contributed by atoms with Crippen molar-refractivity contribution in [3.63, 3.8) is 0 Å². The number of carbonyl (C=O) groups excluding carboxylic acids is 1. The molecule has 154 valence electrons. The second kappa shape index (κ2) is 8.59. The highest BCUT2D eigenvalue weighted by Gasteiger charge is 2.19. The number of ketones is 1. The molecule has 0 spiro atoms. The smallest absolute Gasteiger partial charge is 0.204 e. The predicted octanol–water partition coefficient (Wildman–Crippen LogP) is 4.81. The summed E-state index contributed by atoms with van der Waals surface area (Å²) in [6.45, 7) is 2.03. The molecule has 6 N–H and O–H groups in total. The summed E-state index contributed by atoms with van der Waals surface area (Å²) in [6.07, 6.45) is 3.29. The van der Waals surface area contributed by atoms with Gasteiger partial charge in [0.2, 0.25) is 5.78 Å². The van der Waals surface area contributed by atoms with Crippen LogP contribution in [0.3, 0.4) is 0 Å². The summed E-state index contributed by atoms with van der Waals surface area (Å²) in [5, 5.41) is 6.47. The minimum atomic E-state index is -0.150. The molecule has 3 aromatic carbocycles. The quantitative estimate of drug-likeness (QED) is 0.358. The Balaban J connectivity index is 1.68. The number of aliphatic imine (C=N–C) groups is 1. The number of carbonyl (C=O) groups is 1. The Kier molecular flexibility index (Phi) is 5.53. The number of allylic oxidation sites excluding steroid dienone is 2. The van der Waals surface area contributed by atoms with Gasteiger partial charge in [0, 0.05) is 28.8 Å². The predicted molar refractivity (Wildman–Crippen MR) is 128 cm³/mol. The molecule has 6 heteroatoms. The number of rotatable bonds is 5. The maximum absolute atomic E-state index is 12.8. The van der Waals surface area contributed by atoms with Gasteiger partial charge in [-0.2, -0.15) is 0 Å². The van der Waals surface area contributed by atoms with Crippen molar-refractivity contribution in [3.05, 3.63) is 102 Å². The molecule has 0 bridgehead atoms. The molecule has 3 aromatic rings. The first-order valence-corrected chi connectivity index (χ1v) is 9.85. The molecule has 4 rings (SSSR count). The Labute approximate surface area is 181 Å².